The molecule has 3 aromatic carbocycles. The van der Waals surface area contributed by atoms with Gasteiger partial charge in [-0.15, -0.1) is 0 Å². The van der Waals surface area contributed by atoms with Crippen molar-refractivity contribution < 1.29 is 8.49 Å². The molecule has 0 heterocycles. The Kier molecular flexibility index (Phi) is 4.32. The van der Waals surface area contributed by atoms with Crippen LogP contribution in [-0.2, 0) is 15.4 Å². The molecule has 3 rings (SSSR count). The van der Waals surface area contributed by atoms with E-state index in [2.05, 4.69) is 12.1 Å². The van der Waals surface area contributed by atoms with E-state index < -0.39 is 11.1 Å². The lowest BCUT2D eigenvalue weighted by Gasteiger charge is -2.10. The Bertz CT molecular complexity index is 825. The highest BCUT2D eigenvalue weighted by molar-refractivity contribution is 7.80. The van der Waals surface area contributed by atoms with Crippen LogP contribution in [0.2, 0.25) is 0 Å². The second-order valence-corrected chi connectivity index (χ2v) is 5.82. The first-order valence-corrected chi connectivity index (χ1v) is 7.90. The van der Waals surface area contributed by atoms with Crippen molar-refractivity contribution in [2.45, 2.75) is 4.90 Å². The van der Waals surface area contributed by atoms with Gasteiger partial charge in [-0.05, 0) is 17.0 Å². The number of hydrogen-bond acceptors (Lipinski definition) is 3. The molecule has 0 spiro atoms. The molecule has 0 radical (unpaired) electrons. The Hall–Kier alpha value is -2.43. The Morgan fingerprint density at radius 2 is 1.59 bits per heavy atom. The fourth-order valence-electron chi connectivity index (χ4n) is 2.17. The number of hydroxylamine groups is 1. The third-order valence-electron chi connectivity index (χ3n) is 3.29. The molecule has 0 saturated carbocycles. The molecule has 1 atom stereocenters. The second-order valence-electron chi connectivity index (χ2n) is 4.74. The topological polar surface area (TPSA) is 38.3 Å². The zero-order valence-electron chi connectivity index (χ0n) is 11.9. The van der Waals surface area contributed by atoms with Gasteiger partial charge in [0.25, 0.3) is 0 Å². The van der Waals surface area contributed by atoms with Gasteiger partial charge in [-0.3, -0.25) is 5.48 Å². The lowest BCUT2D eigenvalue weighted by atomic mass is 10.1. The Morgan fingerprint density at radius 3 is 2.41 bits per heavy atom. The standard InChI is InChI=1S/C18H15NO2S/c1-14(15-8-3-2-4-9-15)19-21-22(20)18-13-7-11-16-10-5-6-12-17(16)18/h2-13,19H,1H2. The minimum Gasteiger partial charge on any atom is -0.251 e. The van der Waals surface area contributed by atoms with Crippen LogP contribution in [-0.4, -0.2) is 4.21 Å². The van der Waals surface area contributed by atoms with E-state index in [0.717, 1.165) is 16.3 Å². The van der Waals surface area contributed by atoms with Gasteiger partial charge in [0.05, 0.1) is 10.6 Å². The van der Waals surface area contributed by atoms with Crippen LogP contribution in [0.1, 0.15) is 5.56 Å². The molecule has 0 bridgehead atoms. The van der Waals surface area contributed by atoms with Gasteiger partial charge in [-0.25, -0.2) is 4.21 Å². The average Bonchev–Trinajstić information content (AvgIpc) is 2.59. The van der Waals surface area contributed by atoms with E-state index in [9.17, 15) is 4.21 Å². The summed E-state index contributed by atoms with van der Waals surface area (Å²) in [6.45, 7) is 3.88. The number of benzene rings is 3. The van der Waals surface area contributed by atoms with Crippen molar-refractivity contribution in [3.63, 3.8) is 0 Å². The van der Waals surface area contributed by atoms with Crippen LogP contribution in [0, 0.1) is 0 Å². The summed E-state index contributed by atoms with van der Waals surface area (Å²) in [5.74, 6) is 0. The van der Waals surface area contributed by atoms with E-state index in [0.29, 0.717) is 10.6 Å². The van der Waals surface area contributed by atoms with Crippen LogP contribution in [0.4, 0.5) is 0 Å². The van der Waals surface area contributed by atoms with E-state index in [1.54, 1.807) is 6.07 Å². The van der Waals surface area contributed by atoms with E-state index in [1.165, 1.54) is 0 Å². The monoisotopic (exact) mass is 309 g/mol. The fourth-order valence-corrected chi connectivity index (χ4v) is 2.99. The molecule has 0 aliphatic heterocycles. The molecule has 1 N–H and O–H groups in total. The lowest BCUT2D eigenvalue weighted by molar-refractivity contribution is 0.283. The Labute approximate surface area is 131 Å². The van der Waals surface area contributed by atoms with Gasteiger partial charge in [-0.1, -0.05) is 73.3 Å². The number of fused-ring (bicyclic) bond motifs is 1. The minimum absolute atomic E-state index is 0.564. The van der Waals surface area contributed by atoms with Gasteiger partial charge in [0.2, 0.25) is 11.1 Å². The molecule has 0 fully saturated rings. The molecule has 4 heteroatoms. The molecule has 0 amide bonds. The predicted molar refractivity (Wildman–Crippen MR) is 90.1 cm³/mol. The molecule has 0 aliphatic rings. The van der Waals surface area contributed by atoms with Crippen molar-refractivity contribution in [2.75, 3.05) is 0 Å². The molecule has 0 aliphatic carbocycles. The minimum atomic E-state index is -1.62. The third-order valence-corrected chi connectivity index (χ3v) is 4.24. The smallest absolute Gasteiger partial charge is 0.212 e. The van der Waals surface area contributed by atoms with Crippen LogP contribution < -0.4 is 5.48 Å². The summed E-state index contributed by atoms with van der Waals surface area (Å²) in [5, 5.41) is 1.94. The first-order valence-electron chi connectivity index (χ1n) is 6.83. The number of rotatable bonds is 5. The maximum atomic E-state index is 12.4. The molecule has 1 unspecified atom stereocenters. The summed E-state index contributed by atoms with van der Waals surface area (Å²) in [4.78, 5) is 0.631. The zero-order valence-corrected chi connectivity index (χ0v) is 12.7. The molecule has 0 aromatic heterocycles. The van der Waals surface area contributed by atoms with E-state index in [4.69, 9.17) is 4.28 Å². The molecular formula is C18H15NO2S. The molecule has 3 nitrogen and oxygen atoms in total. The normalized spacial score (nSPS) is 12.0. The van der Waals surface area contributed by atoms with Gasteiger partial charge < -0.3 is 0 Å². The summed E-state index contributed by atoms with van der Waals surface area (Å²) in [7, 11) is 0. The zero-order chi connectivity index (χ0) is 15.4. The van der Waals surface area contributed by atoms with Crippen molar-refractivity contribution in [3.8, 4) is 0 Å². The maximum Gasteiger partial charge on any atom is 0.212 e. The summed E-state index contributed by atoms with van der Waals surface area (Å²) >= 11 is -1.62. The van der Waals surface area contributed by atoms with Crippen molar-refractivity contribution in [2.24, 2.45) is 0 Å². The van der Waals surface area contributed by atoms with E-state index in [-0.39, 0.29) is 0 Å². The van der Waals surface area contributed by atoms with Gasteiger partial charge in [0.1, 0.15) is 0 Å². The van der Waals surface area contributed by atoms with Gasteiger partial charge in [0, 0.05) is 5.39 Å². The Balaban J connectivity index is 1.76. The van der Waals surface area contributed by atoms with Crippen molar-refractivity contribution >= 4 is 27.5 Å². The third kappa shape index (κ3) is 3.08. The molecular weight excluding hydrogens is 294 g/mol. The number of nitrogens with one attached hydrogen (secondary N) is 1. The van der Waals surface area contributed by atoms with Crippen molar-refractivity contribution in [1.82, 2.24) is 5.48 Å². The SMILES string of the molecule is C=C(NOS(=O)c1cccc2ccccc12)c1ccccc1. The summed E-state index contributed by atoms with van der Waals surface area (Å²) in [6.07, 6.45) is 0. The maximum absolute atomic E-state index is 12.4. The van der Waals surface area contributed by atoms with Crippen LogP contribution >= 0.6 is 0 Å². The van der Waals surface area contributed by atoms with Gasteiger partial charge in [0.15, 0.2) is 0 Å². The van der Waals surface area contributed by atoms with Gasteiger partial charge in [-0.2, -0.15) is 4.28 Å². The summed E-state index contributed by atoms with van der Waals surface area (Å²) < 4.78 is 17.7. The fraction of sp³-hybridized carbons (Fsp3) is 0. The molecule has 0 saturated heterocycles. The second kappa shape index (κ2) is 6.56. The average molecular weight is 309 g/mol. The largest absolute Gasteiger partial charge is 0.251 e. The van der Waals surface area contributed by atoms with E-state index in [1.807, 2.05) is 66.7 Å². The lowest BCUT2D eigenvalue weighted by Crippen LogP contribution is -2.14. The summed E-state index contributed by atoms with van der Waals surface area (Å²) in [6, 6.07) is 23.0. The van der Waals surface area contributed by atoms with Crippen LogP contribution in [0.3, 0.4) is 0 Å². The predicted octanol–water partition coefficient (Wildman–Crippen LogP) is 4.05. The van der Waals surface area contributed by atoms with Crippen LogP contribution in [0.15, 0.2) is 84.3 Å². The highest BCUT2D eigenvalue weighted by Crippen LogP contribution is 2.22. The van der Waals surface area contributed by atoms with Crippen LogP contribution in [0.5, 0.6) is 0 Å². The quantitative estimate of drug-likeness (QED) is 0.722. The Morgan fingerprint density at radius 1 is 0.909 bits per heavy atom. The first kappa shape index (κ1) is 14.5. The summed E-state index contributed by atoms with van der Waals surface area (Å²) in [5.41, 5.74) is 4.12. The highest BCUT2D eigenvalue weighted by Gasteiger charge is 2.10. The molecule has 110 valence electrons. The van der Waals surface area contributed by atoms with Crippen molar-refractivity contribution in [1.29, 1.82) is 0 Å². The van der Waals surface area contributed by atoms with Gasteiger partial charge >= 0.3 is 0 Å². The van der Waals surface area contributed by atoms with Crippen LogP contribution in [0.25, 0.3) is 16.5 Å². The highest BCUT2D eigenvalue weighted by atomic mass is 32.2. The molecule has 3 aromatic rings. The first-order chi connectivity index (χ1) is 10.8. The van der Waals surface area contributed by atoms with Crippen molar-refractivity contribution in [3.05, 3.63) is 84.9 Å². The number of hydrogen-bond donors (Lipinski definition) is 1. The van der Waals surface area contributed by atoms with E-state index >= 15 is 0 Å². The molecule has 22 heavy (non-hydrogen) atoms.